The van der Waals surface area contributed by atoms with Crippen LogP contribution in [0.15, 0.2) is 24.3 Å². The number of benzene rings is 1. The lowest BCUT2D eigenvalue weighted by Gasteiger charge is -2.13. The van der Waals surface area contributed by atoms with Gasteiger partial charge in [-0.05, 0) is 24.0 Å². The zero-order valence-corrected chi connectivity index (χ0v) is 8.77. The molecule has 1 unspecified atom stereocenters. The van der Waals surface area contributed by atoms with Gasteiger partial charge in [0.1, 0.15) is 0 Å². The number of carboxylic acid groups (broad SMARTS) is 1. The van der Waals surface area contributed by atoms with Gasteiger partial charge in [0, 0.05) is 12.1 Å². The summed E-state index contributed by atoms with van der Waals surface area (Å²) in [5, 5.41) is 11.6. The molecular formula is C12H13NO3. The molecule has 16 heavy (non-hydrogen) atoms. The quantitative estimate of drug-likeness (QED) is 0.789. The van der Waals surface area contributed by atoms with Gasteiger partial charge >= 0.3 is 5.97 Å². The molecule has 2 rings (SSSR count). The maximum Gasteiger partial charge on any atom is 0.303 e. The zero-order chi connectivity index (χ0) is 11.5. The number of carbonyl (C=O) groups excluding carboxylic acids is 1. The van der Waals surface area contributed by atoms with Crippen molar-refractivity contribution in [2.75, 3.05) is 6.54 Å². The first-order valence-electron chi connectivity index (χ1n) is 5.27. The highest BCUT2D eigenvalue weighted by atomic mass is 16.4. The predicted molar refractivity (Wildman–Crippen MR) is 58.4 cm³/mol. The zero-order valence-electron chi connectivity index (χ0n) is 8.77. The van der Waals surface area contributed by atoms with E-state index in [1.165, 1.54) is 0 Å². The van der Waals surface area contributed by atoms with Crippen molar-refractivity contribution in [2.24, 2.45) is 0 Å². The Morgan fingerprint density at radius 3 is 2.94 bits per heavy atom. The van der Waals surface area contributed by atoms with E-state index >= 15 is 0 Å². The van der Waals surface area contributed by atoms with Crippen molar-refractivity contribution in [1.29, 1.82) is 0 Å². The largest absolute Gasteiger partial charge is 0.481 e. The Balaban J connectivity index is 2.38. The second kappa shape index (κ2) is 4.35. The summed E-state index contributed by atoms with van der Waals surface area (Å²) in [6.45, 7) is 0.533. The fourth-order valence-electron chi connectivity index (χ4n) is 2.09. The van der Waals surface area contributed by atoms with Crippen LogP contribution in [0.2, 0.25) is 0 Å². The number of rotatable bonds is 2. The van der Waals surface area contributed by atoms with E-state index in [1.54, 1.807) is 12.1 Å². The van der Waals surface area contributed by atoms with Gasteiger partial charge in [-0.15, -0.1) is 0 Å². The minimum absolute atomic E-state index is 0.0754. The first-order chi connectivity index (χ1) is 7.68. The van der Waals surface area contributed by atoms with Crippen LogP contribution in [0, 0.1) is 0 Å². The Hall–Kier alpha value is -1.84. The maximum atomic E-state index is 11.7. The molecule has 0 aliphatic carbocycles. The molecule has 1 aromatic rings. The second-order valence-corrected chi connectivity index (χ2v) is 3.93. The van der Waals surface area contributed by atoms with Crippen molar-refractivity contribution < 1.29 is 14.7 Å². The van der Waals surface area contributed by atoms with E-state index in [2.05, 4.69) is 5.32 Å². The van der Waals surface area contributed by atoms with Gasteiger partial charge in [-0.25, -0.2) is 0 Å². The molecule has 84 valence electrons. The summed E-state index contributed by atoms with van der Waals surface area (Å²) in [4.78, 5) is 22.4. The molecule has 0 aromatic heterocycles. The summed E-state index contributed by atoms with van der Waals surface area (Å²) < 4.78 is 0. The van der Waals surface area contributed by atoms with Crippen molar-refractivity contribution in [1.82, 2.24) is 5.32 Å². The topological polar surface area (TPSA) is 66.4 Å². The van der Waals surface area contributed by atoms with Gasteiger partial charge in [0.25, 0.3) is 5.91 Å². The Kier molecular flexibility index (Phi) is 2.90. The predicted octanol–water partition coefficient (Wildman–Crippen LogP) is 1.38. The van der Waals surface area contributed by atoms with E-state index in [9.17, 15) is 9.59 Å². The minimum atomic E-state index is -0.825. The average Bonchev–Trinajstić information content (AvgIpc) is 2.40. The lowest BCUT2D eigenvalue weighted by molar-refractivity contribution is -0.137. The molecule has 2 N–H and O–H groups in total. The Bertz CT molecular complexity index is 428. The van der Waals surface area contributed by atoms with E-state index in [4.69, 9.17) is 5.11 Å². The van der Waals surface area contributed by atoms with Crippen LogP contribution in [0.1, 0.15) is 34.7 Å². The molecule has 1 aromatic carbocycles. The van der Waals surface area contributed by atoms with Crippen LogP contribution >= 0.6 is 0 Å². The van der Waals surface area contributed by atoms with Crippen LogP contribution in [0.5, 0.6) is 0 Å². The molecule has 0 saturated heterocycles. The fourth-order valence-corrected chi connectivity index (χ4v) is 2.09. The second-order valence-electron chi connectivity index (χ2n) is 3.93. The summed E-state index contributed by atoms with van der Waals surface area (Å²) in [5.41, 5.74) is 1.45. The highest BCUT2D eigenvalue weighted by molar-refractivity contribution is 5.96. The van der Waals surface area contributed by atoms with E-state index in [-0.39, 0.29) is 18.2 Å². The van der Waals surface area contributed by atoms with Gasteiger partial charge in [0.05, 0.1) is 6.42 Å². The minimum Gasteiger partial charge on any atom is -0.481 e. The number of carboxylic acids is 1. The smallest absolute Gasteiger partial charge is 0.303 e. The number of aliphatic carboxylic acids is 1. The molecule has 4 nitrogen and oxygen atoms in total. The standard InChI is InChI=1S/C12H13NO3/c14-11(15)7-8-5-6-13-12(16)10-4-2-1-3-9(8)10/h1-4,8H,5-7H2,(H,13,16)(H,14,15). The molecule has 1 heterocycles. The fraction of sp³-hybridized carbons (Fsp3) is 0.333. The Morgan fingerprint density at radius 1 is 1.44 bits per heavy atom. The molecule has 0 spiro atoms. The number of hydrogen-bond donors (Lipinski definition) is 2. The summed E-state index contributed by atoms with van der Waals surface area (Å²) in [6.07, 6.45) is 0.751. The van der Waals surface area contributed by atoms with Crippen molar-refractivity contribution in [3.05, 3.63) is 35.4 Å². The molecule has 0 bridgehead atoms. The highest BCUT2D eigenvalue weighted by Gasteiger charge is 2.24. The molecular weight excluding hydrogens is 206 g/mol. The highest BCUT2D eigenvalue weighted by Crippen LogP contribution is 2.28. The Labute approximate surface area is 93.3 Å². The van der Waals surface area contributed by atoms with Gasteiger partial charge in [-0.3, -0.25) is 9.59 Å². The average molecular weight is 219 g/mol. The Morgan fingerprint density at radius 2 is 2.19 bits per heavy atom. The molecule has 1 aliphatic heterocycles. The summed E-state index contributed by atoms with van der Waals surface area (Å²) in [7, 11) is 0. The van der Waals surface area contributed by atoms with E-state index in [1.807, 2.05) is 12.1 Å². The first-order valence-corrected chi connectivity index (χ1v) is 5.27. The number of hydrogen-bond acceptors (Lipinski definition) is 2. The van der Waals surface area contributed by atoms with Gasteiger partial charge < -0.3 is 10.4 Å². The van der Waals surface area contributed by atoms with Crippen molar-refractivity contribution >= 4 is 11.9 Å². The van der Waals surface area contributed by atoms with Crippen LogP contribution < -0.4 is 5.32 Å². The van der Waals surface area contributed by atoms with E-state index in [0.717, 1.165) is 5.56 Å². The summed E-state index contributed by atoms with van der Waals surface area (Å²) in [6, 6.07) is 7.21. The van der Waals surface area contributed by atoms with Crippen LogP contribution in [0.3, 0.4) is 0 Å². The molecule has 0 saturated carbocycles. The van der Waals surface area contributed by atoms with Crippen molar-refractivity contribution in [3.8, 4) is 0 Å². The van der Waals surface area contributed by atoms with Gasteiger partial charge in [0.15, 0.2) is 0 Å². The van der Waals surface area contributed by atoms with Gasteiger partial charge in [0.2, 0.25) is 0 Å². The van der Waals surface area contributed by atoms with Crippen molar-refractivity contribution in [2.45, 2.75) is 18.8 Å². The van der Waals surface area contributed by atoms with Gasteiger partial charge in [-0.1, -0.05) is 18.2 Å². The van der Waals surface area contributed by atoms with Crippen LogP contribution in [-0.2, 0) is 4.79 Å². The first kappa shape index (κ1) is 10.7. The third-order valence-electron chi connectivity index (χ3n) is 2.84. The number of nitrogens with one attached hydrogen (secondary N) is 1. The summed E-state index contributed by atoms with van der Waals surface area (Å²) >= 11 is 0. The normalized spacial score (nSPS) is 19.5. The van der Waals surface area contributed by atoms with E-state index < -0.39 is 5.97 Å². The van der Waals surface area contributed by atoms with Crippen molar-refractivity contribution in [3.63, 3.8) is 0 Å². The molecule has 0 radical (unpaired) electrons. The number of amides is 1. The lowest BCUT2D eigenvalue weighted by Crippen LogP contribution is -2.22. The molecule has 0 fully saturated rings. The molecule has 1 amide bonds. The van der Waals surface area contributed by atoms with Crippen LogP contribution in [-0.4, -0.2) is 23.5 Å². The number of carbonyl (C=O) groups is 2. The SMILES string of the molecule is O=C(O)CC1CCNC(=O)c2ccccc21. The lowest BCUT2D eigenvalue weighted by atomic mass is 9.90. The third kappa shape index (κ3) is 2.05. The maximum absolute atomic E-state index is 11.7. The van der Waals surface area contributed by atoms with E-state index in [0.29, 0.717) is 18.5 Å². The third-order valence-corrected chi connectivity index (χ3v) is 2.84. The summed E-state index contributed by atoms with van der Waals surface area (Å²) in [5.74, 6) is -1.01. The molecule has 4 heteroatoms. The van der Waals surface area contributed by atoms with Gasteiger partial charge in [-0.2, -0.15) is 0 Å². The molecule has 1 atom stereocenters. The number of fused-ring (bicyclic) bond motifs is 1. The van der Waals surface area contributed by atoms with Crippen LogP contribution in [0.4, 0.5) is 0 Å². The monoisotopic (exact) mass is 219 g/mol. The van der Waals surface area contributed by atoms with Crippen LogP contribution in [0.25, 0.3) is 0 Å². The molecule has 1 aliphatic rings.